The van der Waals surface area contributed by atoms with Gasteiger partial charge in [0, 0.05) is 45.4 Å². The molecule has 64 heavy (non-hydrogen) atoms. The van der Waals surface area contributed by atoms with Crippen LogP contribution in [0.1, 0.15) is 58.6 Å². The molecule has 12 nitrogen and oxygen atoms in total. The van der Waals surface area contributed by atoms with Crippen molar-refractivity contribution >= 4 is 80.1 Å². The van der Waals surface area contributed by atoms with E-state index in [4.69, 9.17) is 86.1 Å². The van der Waals surface area contributed by atoms with E-state index in [1.54, 1.807) is 38.1 Å². The van der Waals surface area contributed by atoms with Crippen molar-refractivity contribution in [3.8, 4) is 35.1 Å². The number of hydrogen-bond donors (Lipinski definition) is 2. The maximum absolute atomic E-state index is 13.5. The second-order valence-electron chi connectivity index (χ2n) is 13.3. The van der Waals surface area contributed by atoms with Gasteiger partial charge < -0.3 is 29.2 Å². The first-order valence-corrected chi connectivity index (χ1v) is 20.2. The van der Waals surface area contributed by atoms with Gasteiger partial charge in [0.25, 0.3) is 0 Å². The van der Waals surface area contributed by atoms with Crippen LogP contribution in [0.2, 0.25) is 20.1 Å². The molecule has 2 N–H and O–H groups in total. The Labute approximate surface area is 382 Å². The van der Waals surface area contributed by atoms with E-state index in [2.05, 4.69) is 9.97 Å². The van der Waals surface area contributed by atoms with Gasteiger partial charge in [-0.1, -0.05) is 72.4 Å². The number of nitrogens with zero attached hydrogens (tertiary/aromatic N) is 4. The van der Waals surface area contributed by atoms with E-state index >= 15 is 0 Å². The second kappa shape index (κ2) is 21.9. The number of rotatable bonds is 16. The number of ether oxygens (including phenoxy) is 4. The van der Waals surface area contributed by atoms with Crippen LogP contribution in [0.25, 0.3) is 21.8 Å². The molecule has 2 heterocycles. The topological polar surface area (TPSA) is 185 Å². The average Bonchev–Trinajstić information content (AvgIpc) is 3.25. The van der Waals surface area contributed by atoms with Crippen LogP contribution in [0.4, 0.5) is 17.6 Å². The molecule has 6 rings (SSSR count). The summed E-state index contributed by atoms with van der Waals surface area (Å²) >= 11 is 25.1. The zero-order chi connectivity index (χ0) is 46.8. The van der Waals surface area contributed by atoms with Crippen LogP contribution in [0.15, 0.2) is 60.7 Å². The molecule has 0 radical (unpaired) electrons. The molecule has 0 aliphatic rings. The normalized spacial score (nSPS) is 10.9. The van der Waals surface area contributed by atoms with Crippen molar-refractivity contribution in [3.63, 3.8) is 0 Å². The van der Waals surface area contributed by atoms with Crippen LogP contribution in [-0.4, -0.2) is 58.6 Å². The molecule has 0 unspecified atom stereocenters. The zero-order valence-electron chi connectivity index (χ0n) is 33.3. The smallest absolute Gasteiger partial charge is 0.387 e. The molecule has 0 amide bonds. The highest BCUT2D eigenvalue weighted by atomic mass is 35.5. The van der Waals surface area contributed by atoms with Gasteiger partial charge in [0.2, 0.25) is 0 Å². The first kappa shape index (κ1) is 48.7. The van der Waals surface area contributed by atoms with Gasteiger partial charge in [-0.3, -0.25) is 9.97 Å². The maximum atomic E-state index is 13.5. The fourth-order valence-corrected chi connectivity index (χ4v) is 7.42. The molecular formula is C44H32Cl4F4N4O8. The van der Waals surface area contributed by atoms with Crippen LogP contribution in [0.3, 0.4) is 0 Å². The highest BCUT2D eigenvalue weighted by Gasteiger charge is 2.26. The summed E-state index contributed by atoms with van der Waals surface area (Å²) in [5, 5.41) is 37.0. The van der Waals surface area contributed by atoms with Gasteiger partial charge in [0.15, 0.2) is 13.2 Å². The molecule has 0 aliphatic carbocycles. The Bertz CT molecular complexity index is 2650. The van der Waals surface area contributed by atoms with E-state index in [9.17, 15) is 27.2 Å². The fourth-order valence-electron chi connectivity index (χ4n) is 6.53. The predicted octanol–water partition coefficient (Wildman–Crippen LogP) is 11.3. The van der Waals surface area contributed by atoms with Gasteiger partial charge >= 0.3 is 25.2 Å². The summed E-state index contributed by atoms with van der Waals surface area (Å²) in [5.41, 5.74) is 3.69. The van der Waals surface area contributed by atoms with Crippen molar-refractivity contribution in [1.29, 1.82) is 10.5 Å². The summed E-state index contributed by atoms with van der Waals surface area (Å²) in [5.74, 6) is -2.94. The van der Waals surface area contributed by atoms with Gasteiger partial charge in [0.05, 0.1) is 55.1 Å². The van der Waals surface area contributed by atoms with E-state index in [1.807, 2.05) is 12.1 Å². The van der Waals surface area contributed by atoms with Crippen molar-refractivity contribution in [2.75, 3.05) is 13.2 Å². The molecular weight excluding hydrogens is 930 g/mol. The summed E-state index contributed by atoms with van der Waals surface area (Å²) in [7, 11) is 0. The number of benzene rings is 4. The number of fused-ring (bicyclic) bond motifs is 2. The lowest BCUT2D eigenvalue weighted by Crippen LogP contribution is -2.12. The van der Waals surface area contributed by atoms with Gasteiger partial charge in [-0.15, -0.1) is 0 Å². The number of carboxylic acid groups (broad SMARTS) is 2. The number of aryl methyl sites for hydroxylation is 2. The van der Waals surface area contributed by atoms with Gasteiger partial charge in [-0.05, 0) is 72.5 Å². The van der Waals surface area contributed by atoms with Crippen molar-refractivity contribution in [2.45, 2.75) is 52.8 Å². The third kappa shape index (κ3) is 11.6. The standard InChI is InChI=1S/2C22H16Cl2F2N2O4/c2*1-2-16-13(8-12-4-3-11(9-27)7-15(12)24)21(32-22(25)26)19-17(31-10-18(29)30)6-5-14(23)20(19)28-16/h2*3-7,22H,2,8,10H2,1H3,(H,29,30). The molecule has 0 aliphatic heterocycles. The Kier molecular flexibility index (Phi) is 16.6. The van der Waals surface area contributed by atoms with E-state index in [0.717, 1.165) is 0 Å². The van der Waals surface area contributed by atoms with Crippen LogP contribution in [0, 0.1) is 22.7 Å². The number of halogens is 8. The molecule has 0 atom stereocenters. The Morgan fingerprint density at radius 3 is 1.30 bits per heavy atom. The third-order valence-corrected chi connectivity index (χ3v) is 10.6. The number of carbonyl (C=O) groups is 2. The Balaban J connectivity index is 0.000000241. The molecule has 332 valence electrons. The summed E-state index contributed by atoms with van der Waals surface area (Å²) in [6, 6.07) is 18.9. The third-order valence-electron chi connectivity index (χ3n) is 9.26. The molecule has 2 aromatic heterocycles. The van der Waals surface area contributed by atoms with Crippen molar-refractivity contribution < 1.29 is 56.3 Å². The summed E-state index contributed by atoms with van der Waals surface area (Å²) in [6.07, 6.45) is 0.887. The van der Waals surface area contributed by atoms with Crippen LogP contribution in [-0.2, 0) is 35.3 Å². The van der Waals surface area contributed by atoms with Crippen LogP contribution >= 0.6 is 46.4 Å². The van der Waals surface area contributed by atoms with E-state index in [0.29, 0.717) is 57.6 Å². The maximum Gasteiger partial charge on any atom is 0.387 e. The van der Waals surface area contributed by atoms with Crippen LogP contribution in [0.5, 0.6) is 23.0 Å². The Morgan fingerprint density at radius 1 is 0.625 bits per heavy atom. The number of alkyl halides is 4. The molecule has 0 saturated heterocycles. The molecule has 0 bridgehead atoms. The SMILES string of the molecule is CCc1nc2c(Cl)ccc(OCC(=O)O)c2c(OC(F)F)c1Cc1ccc(C#N)cc1Cl.CCc1nc2c(Cl)ccc(OCC(=O)O)c2c(OC(F)F)c1Cc1ccc(C#N)cc1Cl. The van der Waals surface area contributed by atoms with Crippen molar-refractivity contribution in [2.24, 2.45) is 0 Å². The lowest BCUT2D eigenvalue weighted by molar-refractivity contribution is -0.140. The minimum Gasteiger partial charge on any atom is -0.481 e. The predicted molar refractivity (Wildman–Crippen MR) is 230 cm³/mol. The molecule has 4 aromatic carbocycles. The van der Waals surface area contributed by atoms with E-state index in [-0.39, 0.29) is 77.7 Å². The highest BCUT2D eigenvalue weighted by Crippen LogP contribution is 2.44. The minimum atomic E-state index is -3.17. The van der Waals surface area contributed by atoms with Crippen molar-refractivity contribution in [1.82, 2.24) is 9.97 Å². The first-order valence-electron chi connectivity index (χ1n) is 18.7. The molecule has 20 heteroatoms. The number of nitriles is 2. The first-order chi connectivity index (χ1) is 30.5. The summed E-state index contributed by atoms with van der Waals surface area (Å²) < 4.78 is 74.2. The number of carboxylic acids is 2. The van der Waals surface area contributed by atoms with Gasteiger partial charge in [-0.25, -0.2) is 9.59 Å². The van der Waals surface area contributed by atoms with E-state index < -0.39 is 38.4 Å². The monoisotopic (exact) mass is 960 g/mol. The largest absolute Gasteiger partial charge is 0.481 e. The minimum absolute atomic E-state index is 0.00946. The fraction of sp³-hybridized carbons (Fsp3) is 0.227. The van der Waals surface area contributed by atoms with Crippen molar-refractivity contribution in [3.05, 3.63) is 126 Å². The Morgan fingerprint density at radius 2 is 1.00 bits per heavy atom. The quantitative estimate of drug-likeness (QED) is 0.0876. The lowest BCUT2D eigenvalue weighted by atomic mass is 9.97. The lowest BCUT2D eigenvalue weighted by Gasteiger charge is -2.20. The zero-order valence-corrected chi connectivity index (χ0v) is 36.4. The number of aliphatic carboxylic acids is 2. The number of hydrogen-bond acceptors (Lipinski definition) is 10. The van der Waals surface area contributed by atoms with Crippen LogP contribution < -0.4 is 18.9 Å². The molecule has 6 aromatic rings. The Hall–Kier alpha value is -6.30. The summed E-state index contributed by atoms with van der Waals surface area (Å²) in [6.45, 7) is -4.15. The highest BCUT2D eigenvalue weighted by molar-refractivity contribution is 6.36. The van der Waals surface area contributed by atoms with Gasteiger partial charge in [0.1, 0.15) is 23.0 Å². The summed E-state index contributed by atoms with van der Waals surface area (Å²) in [4.78, 5) is 31.0. The number of pyridine rings is 2. The molecule has 0 saturated carbocycles. The van der Waals surface area contributed by atoms with E-state index in [1.165, 1.54) is 36.4 Å². The van der Waals surface area contributed by atoms with Gasteiger partial charge in [-0.2, -0.15) is 28.1 Å². The molecule has 0 spiro atoms. The number of aromatic nitrogens is 2. The second-order valence-corrected chi connectivity index (χ2v) is 14.9. The molecule has 0 fully saturated rings. The average molecular weight is 963 g/mol.